The van der Waals surface area contributed by atoms with Crippen LogP contribution in [0.2, 0.25) is 0 Å². The Labute approximate surface area is 136 Å². The number of para-hydroxylation sites is 1. The van der Waals surface area contributed by atoms with Gasteiger partial charge in [-0.3, -0.25) is 4.79 Å². The molecule has 2 aromatic rings. The van der Waals surface area contributed by atoms with Crippen LogP contribution in [-0.2, 0) is 17.6 Å². The maximum atomic E-state index is 12.1. The van der Waals surface area contributed by atoms with E-state index in [9.17, 15) is 4.79 Å². The summed E-state index contributed by atoms with van der Waals surface area (Å²) in [7, 11) is 1.67. The molecule has 2 atom stereocenters. The van der Waals surface area contributed by atoms with Gasteiger partial charge in [0.2, 0.25) is 5.91 Å². The predicted octanol–water partition coefficient (Wildman–Crippen LogP) is 1.94. The van der Waals surface area contributed by atoms with Crippen molar-refractivity contribution in [3.05, 3.63) is 65.7 Å². The van der Waals surface area contributed by atoms with Crippen molar-refractivity contribution in [3.63, 3.8) is 0 Å². The Kier molecular flexibility index (Phi) is 4.93. The Morgan fingerprint density at radius 1 is 1.17 bits per heavy atom. The van der Waals surface area contributed by atoms with E-state index in [4.69, 9.17) is 4.74 Å². The number of nitrogens with one attached hydrogen (secondary N) is 2. The molecule has 4 heteroatoms. The summed E-state index contributed by atoms with van der Waals surface area (Å²) >= 11 is 0. The van der Waals surface area contributed by atoms with E-state index in [0.29, 0.717) is 13.0 Å². The molecule has 2 aromatic carbocycles. The number of fused-ring (bicyclic) bond motifs is 1. The molecular formula is C19H22N2O2. The molecule has 1 aliphatic rings. The second kappa shape index (κ2) is 7.29. The number of hydrogen-bond acceptors (Lipinski definition) is 3. The smallest absolute Gasteiger partial charge is 0.237 e. The van der Waals surface area contributed by atoms with E-state index in [1.54, 1.807) is 7.05 Å². The van der Waals surface area contributed by atoms with E-state index in [1.807, 2.05) is 48.5 Å². The Balaban J connectivity index is 1.58. The first-order chi connectivity index (χ1) is 11.3. The van der Waals surface area contributed by atoms with Crippen molar-refractivity contribution in [1.82, 2.24) is 10.6 Å². The third-order valence-electron chi connectivity index (χ3n) is 4.15. The van der Waals surface area contributed by atoms with Crippen LogP contribution in [0.15, 0.2) is 54.6 Å². The summed E-state index contributed by atoms with van der Waals surface area (Å²) in [6.45, 7) is 0.652. The van der Waals surface area contributed by atoms with Crippen LogP contribution in [0.5, 0.6) is 5.75 Å². The van der Waals surface area contributed by atoms with Gasteiger partial charge < -0.3 is 15.4 Å². The highest BCUT2D eigenvalue weighted by molar-refractivity contribution is 5.81. The molecule has 4 nitrogen and oxygen atoms in total. The lowest BCUT2D eigenvalue weighted by molar-refractivity contribution is -0.122. The number of ether oxygens (including phenoxy) is 1. The molecule has 120 valence electrons. The van der Waals surface area contributed by atoms with E-state index in [-0.39, 0.29) is 18.1 Å². The first-order valence-electron chi connectivity index (χ1n) is 7.99. The number of carbonyl (C=O) groups is 1. The zero-order valence-corrected chi connectivity index (χ0v) is 13.3. The molecule has 0 spiro atoms. The number of hydrogen-bond donors (Lipinski definition) is 2. The lowest BCUT2D eigenvalue weighted by atomic mass is 10.0. The van der Waals surface area contributed by atoms with Gasteiger partial charge in [0, 0.05) is 20.0 Å². The first-order valence-corrected chi connectivity index (χ1v) is 7.99. The second-order valence-electron chi connectivity index (χ2n) is 5.82. The zero-order valence-electron chi connectivity index (χ0n) is 13.3. The summed E-state index contributed by atoms with van der Waals surface area (Å²) in [6, 6.07) is 17.9. The van der Waals surface area contributed by atoms with Gasteiger partial charge in [0.1, 0.15) is 11.9 Å². The van der Waals surface area contributed by atoms with Crippen LogP contribution in [0.1, 0.15) is 11.1 Å². The maximum Gasteiger partial charge on any atom is 0.237 e. The minimum atomic E-state index is -0.255. The van der Waals surface area contributed by atoms with Gasteiger partial charge in [-0.25, -0.2) is 0 Å². The highest BCUT2D eigenvalue weighted by Crippen LogP contribution is 2.27. The predicted molar refractivity (Wildman–Crippen MR) is 90.6 cm³/mol. The summed E-state index contributed by atoms with van der Waals surface area (Å²) in [5.41, 5.74) is 2.38. The van der Waals surface area contributed by atoms with Crippen molar-refractivity contribution in [2.24, 2.45) is 0 Å². The van der Waals surface area contributed by atoms with Gasteiger partial charge in [-0.05, 0) is 23.6 Å². The molecule has 3 rings (SSSR count). The standard InChI is InChI=1S/C19H22N2O2/c1-20-19(22)17(11-14-7-3-2-4-8-14)21-13-16-12-15-9-5-6-10-18(15)23-16/h2-10,16-17,21H,11-13H2,1H3,(H,20,22)/t16-,17+/m0/s1. The highest BCUT2D eigenvalue weighted by atomic mass is 16.5. The molecule has 23 heavy (non-hydrogen) atoms. The lowest BCUT2D eigenvalue weighted by Gasteiger charge is -2.20. The SMILES string of the molecule is CNC(=O)[C@@H](Cc1ccccc1)NC[C@@H]1Cc2ccccc2O1. The summed E-state index contributed by atoms with van der Waals surface area (Å²) in [5, 5.41) is 6.09. The number of likely N-dealkylation sites (N-methyl/N-ethyl adjacent to an activating group) is 1. The van der Waals surface area contributed by atoms with Gasteiger partial charge in [-0.1, -0.05) is 48.5 Å². The Bertz CT molecular complexity index is 632. The summed E-state index contributed by atoms with van der Waals surface area (Å²) < 4.78 is 5.93. The van der Waals surface area contributed by atoms with Crippen LogP contribution < -0.4 is 15.4 Å². The average Bonchev–Trinajstić information content (AvgIpc) is 3.01. The largest absolute Gasteiger partial charge is 0.488 e. The quantitative estimate of drug-likeness (QED) is 0.857. The molecule has 0 aromatic heterocycles. The molecule has 0 saturated heterocycles. The molecule has 0 saturated carbocycles. The van der Waals surface area contributed by atoms with E-state index < -0.39 is 0 Å². The highest BCUT2D eigenvalue weighted by Gasteiger charge is 2.25. The molecule has 0 fully saturated rings. The average molecular weight is 310 g/mol. The fraction of sp³-hybridized carbons (Fsp3) is 0.316. The number of carbonyl (C=O) groups excluding carboxylic acids is 1. The van der Waals surface area contributed by atoms with Crippen molar-refractivity contribution in [3.8, 4) is 5.75 Å². The Morgan fingerprint density at radius 3 is 2.65 bits per heavy atom. The summed E-state index contributed by atoms with van der Waals surface area (Å²) in [6.07, 6.45) is 1.63. The molecule has 0 bridgehead atoms. The molecule has 1 heterocycles. The third kappa shape index (κ3) is 3.90. The van der Waals surface area contributed by atoms with E-state index in [1.165, 1.54) is 5.56 Å². The van der Waals surface area contributed by atoms with E-state index >= 15 is 0 Å². The molecule has 1 amide bonds. The topological polar surface area (TPSA) is 50.4 Å². The van der Waals surface area contributed by atoms with Gasteiger partial charge in [-0.2, -0.15) is 0 Å². The van der Waals surface area contributed by atoms with Crippen molar-refractivity contribution < 1.29 is 9.53 Å². The van der Waals surface area contributed by atoms with E-state index in [0.717, 1.165) is 17.7 Å². The van der Waals surface area contributed by atoms with Crippen LogP contribution in [-0.4, -0.2) is 31.6 Å². The number of amides is 1. The molecule has 0 aliphatic carbocycles. The van der Waals surface area contributed by atoms with Crippen LogP contribution >= 0.6 is 0 Å². The van der Waals surface area contributed by atoms with Crippen LogP contribution in [0.4, 0.5) is 0 Å². The van der Waals surface area contributed by atoms with E-state index in [2.05, 4.69) is 16.7 Å². The zero-order chi connectivity index (χ0) is 16.1. The molecule has 1 aliphatic heterocycles. The van der Waals surface area contributed by atoms with Gasteiger partial charge in [0.05, 0.1) is 6.04 Å². The first kappa shape index (κ1) is 15.6. The van der Waals surface area contributed by atoms with Gasteiger partial charge in [0.15, 0.2) is 0 Å². The van der Waals surface area contributed by atoms with Crippen LogP contribution in [0.25, 0.3) is 0 Å². The van der Waals surface area contributed by atoms with Gasteiger partial charge in [-0.15, -0.1) is 0 Å². The van der Waals surface area contributed by atoms with Gasteiger partial charge in [0.25, 0.3) is 0 Å². The summed E-state index contributed by atoms with van der Waals surface area (Å²) in [5.74, 6) is 0.961. The Morgan fingerprint density at radius 2 is 1.91 bits per heavy atom. The summed E-state index contributed by atoms with van der Waals surface area (Å²) in [4.78, 5) is 12.1. The van der Waals surface area contributed by atoms with Gasteiger partial charge >= 0.3 is 0 Å². The molecule has 0 radical (unpaired) electrons. The van der Waals surface area contributed by atoms with Crippen molar-refractivity contribution in [2.45, 2.75) is 25.0 Å². The lowest BCUT2D eigenvalue weighted by Crippen LogP contribution is -2.47. The number of rotatable bonds is 6. The molecular weight excluding hydrogens is 288 g/mol. The Hall–Kier alpha value is -2.33. The minimum absolute atomic E-state index is 0.00404. The molecule has 0 unspecified atom stereocenters. The maximum absolute atomic E-state index is 12.1. The second-order valence-corrected chi connectivity index (χ2v) is 5.82. The minimum Gasteiger partial charge on any atom is -0.488 e. The van der Waals surface area contributed by atoms with Crippen LogP contribution in [0.3, 0.4) is 0 Å². The molecule has 2 N–H and O–H groups in total. The fourth-order valence-corrected chi connectivity index (χ4v) is 2.92. The fourth-order valence-electron chi connectivity index (χ4n) is 2.92. The third-order valence-corrected chi connectivity index (χ3v) is 4.15. The number of benzene rings is 2. The normalized spacial score (nSPS) is 17.2. The van der Waals surface area contributed by atoms with Crippen LogP contribution in [0, 0.1) is 0 Å². The van der Waals surface area contributed by atoms with Crippen molar-refractivity contribution >= 4 is 5.91 Å². The monoisotopic (exact) mass is 310 g/mol. The van der Waals surface area contributed by atoms with Crippen molar-refractivity contribution in [1.29, 1.82) is 0 Å². The van der Waals surface area contributed by atoms with Crippen molar-refractivity contribution in [2.75, 3.05) is 13.6 Å².